The first-order valence-electron chi connectivity index (χ1n) is 14.5. The van der Waals surface area contributed by atoms with Crippen molar-refractivity contribution in [2.75, 3.05) is 13.2 Å². The number of aliphatic hydroxyl groups is 11. The van der Waals surface area contributed by atoms with Gasteiger partial charge in [0.25, 0.3) is 0 Å². The molecule has 0 aromatic carbocycles. The summed E-state index contributed by atoms with van der Waals surface area (Å²) in [6.45, 7) is 1.85. The van der Waals surface area contributed by atoms with Gasteiger partial charge in [0.15, 0.2) is 12.6 Å². The van der Waals surface area contributed by atoms with Gasteiger partial charge in [-0.2, -0.15) is 0 Å². The van der Waals surface area contributed by atoms with Crippen LogP contribution in [0.1, 0.15) is 20.3 Å². The first-order chi connectivity index (χ1) is 20.7. The molecule has 18 heteroatoms. The number of aliphatic hydroxyl groups excluding tert-OH is 11. The average molecular weight is 660 g/mol. The molecule has 19 unspecified atom stereocenters. The van der Waals surface area contributed by atoms with Gasteiger partial charge >= 0.3 is 0 Å². The number of hydrogen-bond acceptors (Lipinski definition) is 18. The lowest BCUT2D eigenvalue weighted by molar-refractivity contribution is -0.366. The molecule has 3 saturated heterocycles. The molecule has 3 aliphatic heterocycles. The fraction of sp³-hybridized carbons (Fsp3) is 0.923. The van der Waals surface area contributed by atoms with Crippen molar-refractivity contribution in [2.45, 2.75) is 136 Å². The van der Waals surface area contributed by atoms with Crippen molar-refractivity contribution in [1.29, 1.82) is 0 Å². The Morgan fingerprint density at radius 1 is 0.705 bits per heavy atom. The summed E-state index contributed by atoms with van der Waals surface area (Å²) < 4.78 is 28.0. The highest BCUT2D eigenvalue weighted by Crippen LogP contribution is 2.33. The molecule has 17 nitrogen and oxygen atoms in total. The van der Waals surface area contributed by atoms with Crippen LogP contribution in [-0.4, -0.2) is 185 Å². The molecule has 4 aliphatic rings. The Hall–Kier alpha value is -0.590. The third-order valence-corrected chi connectivity index (χ3v) is 9.13. The second-order valence-electron chi connectivity index (χ2n) is 11.6. The highest BCUT2D eigenvalue weighted by molar-refractivity contribution is 7.80. The van der Waals surface area contributed by atoms with E-state index in [9.17, 15) is 56.2 Å². The molecule has 3 fully saturated rings. The molecule has 0 spiro atoms. The molecule has 0 bridgehead atoms. The van der Waals surface area contributed by atoms with E-state index in [0.29, 0.717) is 12.0 Å². The smallest absolute Gasteiger partial charge is 0.187 e. The van der Waals surface area contributed by atoms with E-state index in [1.54, 1.807) is 6.92 Å². The summed E-state index contributed by atoms with van der Waals surface area (Å²) in [6, 6.07) is -1.90. The van der Waals surface area contributed by atoms with Crippen molar-refractivity contribution in [2.24, 2.45) is 0 Å². The number of hydrogen-bond donors (Lipinski definition) is 13. The van der Waals surface area contributed by atoms with Crippen molar-refractivity contribution < 1.29 is 79.9 Å². The number of nitrogens with one attached hydrogen (secondary N) is 1. The van der Waals surface area contributed by atoms with Crippen LogP contribution in [0.2, 0.25) is 0 Å². The number of ether oxygens (including phenoxy) is 5. The van der Waals surface area contributed by atoms with E-state index in [0.717, 1.165) is 0 Å². The second-order valence-corrected chi connectivity index (χ2v) is 12.1. The van der Waals surface area contributed by atoms with Crippen LogP contribution in [0.3, 0.4) is 0 Å². The van der Waals surface area contributed by atoms with Gasteiger partial charge in [-0.1, -0.05) is 13.0 Å². The summed E-state index contributed by atoms with van der Waals surface area (Å²) >= 11 is 3.99. The molecule has 1 aliphatic carbocycles. The lowest BCUT2D eigenvalue weighted by atomic mass is 9.85. The molecule has 4 rings (SSSR count). The minimum Gasteiger partial charge on any atom is -0.394 e. The van der Waals surface area contributed by atoms with Gasteiger partial charge in [0.2, 0.25) is 0 Å². The van der Waals surface area contributed by atoms with Gasteiger partial charge in [0.1, 0.15) is 84.8 Å². The Labute approximate surface area is 258 Å². The van der Waals surface area contributed by atoms with E-state index in [1.807, 2.05) is 0 Å². The Balaban J connectivity index is 1.42. The van der Waals surface area contributed by atoms with Crippen LogP contribution in [-0.2, 0) is 23.7 Å². The quantitative estimate of drug-likeness (QED) is 0.0810. The molecule has 0 amide bonds. The summed E-state index contributed by atoms with van der Waals surface area (Å²) in [6.07, 6.45) is -22.1. The fourth-order valence-electron chi connectivity index (χ4n) is 5.99. The summed E-state index contributed by atoms with van der Waals surface area (Å²) in [5.74, 6) is 0. The van der Waals surface area contributed by atoms with E-state index in [1.165, 1.54) is 13.0 Å². The predicted molar refractivity (Wildman–Crippen MR) is 148 cm³/mol. The standard InChI is InChI=1S/C26H45NO16S/c1-3-8-4-9(14(31)16(33)13(8)30)27-12-7(2)39-24(19(36)15(12)32)42-22-10(5-28)40-25(20(37)17(22)34)43-23-11(6-29)41-26(44)21(38)18(23)35/h4,7,9-38,44H,3,5-6H2,1-2H3. The Bertz CT molecular complexity index is 963. The van der Waals surface area contributed by atoms with Crippen molar-refractivity contribution in [3.63, 3.8) is 0 Å². The molecule has 0 saturated carbocycles. The van der Waals surface area contributed by atoms with Gasteiger partial charge in [-0.25, -0.2) is 0 Å². The lowest BCUT2D eigenvalue weighted by Crippen LogP contribution is -2.68. The van der Waals surface area contributed by atoms with Crippen molar-refractivity contribution in [1.82, 2.24) is 5.32 Å². The summed E-state index contributed by atoms with van der Waals surface area (Å²) in [5.41, 5.74) is -0.665. The van der Waals surface area contributed by atoms with Crippen LogP contribution in [0.4, 0.5) is 0 Å². The topological polar surface area (TPSA) is 281 Å². The molecular formula is C26H45NO16S. The molecule has 12 N–H and O–H groups in total. The highest BCUT2D eigenvalue weighted by Gasteiger charge is 2.53. The molecule has 0 aromatic heterocycles. The predicted octanol–water partition coefficient (Wildman–Crippen LogP) is -6.21. The highest BCUT2D eigenvalue weighted by atomic mass is 32.1. The number of thiol groups is 1. The zero-order valence-electron chi connectivity index (χ0n) is 24.1. The van der Waals surface area contributed by atoms with Gasteiger partial charge in [0, 0.05) is 0 Å². The van der Waals surface area contributed by atoms with Crippen molar-refractivity contribution >= 4 is 12.6 Å². The summed E-state index contributed by atoms with van der Waals surface area (Å²) in [4.78, 5) is 0. The van der Waals surface area contributed by atoms with Gasteiger partial charge in [-0.3, -0.25) is 0 Å². The van der Waals surface area contributed by atoms with Crippen molar-refractivity contribution in [3.8, 4) is 0 Å². The summed E-state index contributed by atoms with van der Waals surface area (Å²) in [5, 5.41) is 118. The molecule has 0 aromatic rings. The Morgan fingerprint density at radius 2 is 1.23 bits per heavy atom. The van der Waals surface area contributed by atoms with Gasteiger partial charge in [-0.05, 0) is 18.9 Å². The minimum absolute atomic E-state index is 0.394. The average Bonchev–Trinajstić information content (AvgIpc) is 3.00. The van der Waals surface area contributed by atoms with E-state index >= 15 is 0 Å². The molecule has 3 heterocycles. The third kappa shape index (κ3) is 7.13. The van der Waals surface area contributed by atoms with Gasteiger partial charge in [0.05, 0.1) is 31.4 Å². The van der Waals surface area contributed by atoms with Crippen LogP contribution >= 0.6 is 12.6 Å². The largest absolute Gasteiger partial charge is 0.394 e. The van der Waals surface area contributed by atoms with Crippen LogP contribution in [0.25, 0.3) is 0 Å². The zero-order valence-corrected chi connectivity index (χ0v) is 25.0. The first-order valence-corrected chi connectivity index (χ1v) is 15.0. The van der Waals surface area contributed by atoms with E-state index in [-0.39, 0.29) is 0 Å². The first kappa shape index (κ1) is 36.2. The number of rotatable bonds is 9. The van der Waals surface area contributed by atoms with Gasteiger partial charge in [-0.15, -0.1) is 12.6 Å². The van der Waals surface area contributed by atoms with E-state index in [2.05, 4.69) is 17.9 Å². The van der Waals surface area contributed by atoms with Crippen molar-refractivity contribution in [3.05, 3.63) is 11.6 Å². The van der Waals surface area contributed by atoms with Gasteiger partial charge < -0.3 is 85.2 Å². The van der Waals surface area contributed by atoms with E-state index in [4.69, 9.17) is 23.7 Å². The lowest BCUT2D eigenvalue weighted by Gasteiger charge is -2.48. The maximum Gasteiger partial charge on any atom is 0.187 e. The molecular weight excluding hydrogens is 614 g/mol. The van der Waals surface area contributed by atoms with Crippen LogP contribution < -0.4 is 5.32 Å². The molecule has 19 atom stereocenters. The minimum atomic E-state index is -1.87. The zero-order chi connectivity index (χ0) is 32.6. The second kappa shape index (κ2) is 15.1. The van der Waals surface area contributed by atoms with Crippen LogP contribution in [0.15, 0.2) is 11.6 Å². The maximum atomic E-state index is 11.0. The third-order valence-electron chi connectivity index (χ3n) is 8.70. The normalized spacial score (nSPS) is 52.0. The van der Waals surface area contributed by atoms with Crippen LogP contribution in [0, 0.1) is 0 Å². The van der Waals surface area contributed by atoms with Crippen LogP contribution in [0.5, 0.6) is 0 Å². The molecule has 44 heavy (non-hydrogen) atoms. The summed E-state index contributed by atoms with van der Waals surface area (Å²) in [7, 11) is 0. The Morgan fingerprint density at radius 3 is 1.80 bits per heavy atom. The molecule has 256 valence electrons. The monoisotopic (exact) mass is 659 g/mol. The Kier molecular flexibility index (Phi) is 12.4. The maximum absolute atomic E-state index is 11.0. The SMILES string of the molecule is CCC1=CC(NC2C(C)OC(OC3C(CO)OC(OC4C(CO)OC(S)C(O)C4O)C(O)C3O)C(O)C2O)C(O)C(O)C1O. The van der Waals surface area contributed by atoms with E-state index < -0.39 is 129 Å². The fourth-order valence-corrected chi connectivity index (χ4v) is 6.33. The molecule has 0 radical (unpaired) electrons.